The number of benzene rings is 2. The highest BCUT2D eigenvalue weighted by Gasteiger charge is 2.40. The fraction of sp³-hybridized carbons (Fsp3) is 0.158. The second-order valence-corrected chi connectivity index (χ2v) is 7.68. The number of hydrogen-bond acceptors (Lipinski definition) is 4. The minimum atomic E-state index is -4.78. The van der Waals surface area contributed by atoms with Gasteiger partial charge in [-0.1, -0.05) is 30.3 Å². The molecule has 3 rings (SSSR count). The fourth-order valence-electron chi connectivity index (χ4n) is 2.82. The third kappa shape index (κ3) is 4.09. The number of nitrogens with one attached hydrogen (secondary N) is 1. The fourth-order valence-corrected chi connectivity index (χ4v) is 3.85. The molecule has 0 radical (unpaired) electrons. The Balaban J connectivity index is 2.21. The van der Waals surface area contributed by atoms with Crippen LogP contribution in [0.1, 0.15) is 18.2 Å². The maximum Gasteiger partial charge on any atom is 0.433 e. The lowest BCUT2D eigenvalue weighted by Gasteiger charge is -2.12. The van der Waals surface area contributed by atoms with Crippen LogP contribution >= 0.6 is 0 Å². The van der Waals surface area contributed by atoms with Crippen molar-refractivity contribution in [2.24, 2.45) is 0 Å². The van der Waals surface area contributed by atoms with Gasteiger partial charge in [0.15, 0.2) is 11.5 Å². The van der Waals surface area contributed by atoms with Crippen molar-refractivity contribution < 1.29 is 21.6 Å². The molecule has 0 bridgehead atoms. The van der Waals surface area contributed by atoms with Crippen LogP contribution in [0.2, 0.25) is 0 Å². The van der Waals surface area contributed by atoms with Gasteiger partial charge in [-0.25, -0.2) is 8.42 Å². The van der Waals surface area contributed by atoms with E-state index in [2.05, 4.69) is 9.82 Å². The molecule has 0 aliphatic carbocycles. The zero-order chi connectivity index (χ0) is 21.2. The van der Waals surface area contributed by atoms with Gasteiger partial charge in [0.05, 0.1) is 22.1 Å². The molecular weight excluding hydrogens is 405 g/mol. The maximum atomic E-state index is 13.8. The third-order valence-corrected chi connectivity index (χ3v) is 5.46. The summed E-state index contributed by atoms with van der Waals surface area (Å²) < 4.78 is 69.6. The molecule has 0 spiro atoms. The van der Waals surface area contributed by atoms with E-state index >= 15 is 0 Å². The Bertz CT molecular complexity index is 1160. The molecule has 6 nitrogen and oxygen atoms in total. The molecule has 0 saturated heterocycles. The molecule has 29 heavy (non-hydrogen) atoms. The van der Waals surface area contributed by atoms with Gasteiger partial charge in [0.1, 0.15) is 0 Å². The molecule has 0 atom stereocenters. The Morgan fingerprint density at radius 3 is 2.24 bits per heavy atom. The molecule has 1 N–H and O–H groups in total. The first-order valence-corrected chi connectivity index (χ1v) is 9.92. The van der Waals surface area contributed by atoms with Gasteiger partial charge in [-0.15, -0.1) is 0 Å². The van der Waals surface area contributed by atoms with E-state index in [-0.39, 0.29) is 22.6 Å². The van der Waals surface area contributed by atoms with Gasteiger partial charge in [-0.3, -0.25) is 9.40 Å². The zero-order valence-corrected chi connectivity index (χ0v) is 15.9. The number of sulfonamides is 1. The number of alkyl halides is 3. The summed E-state index contributed by atoms with van der Waals surface area (Å²) >= 11 is 0. The van der Waals surface area contributed by atoms with Crippen molar-refractivity contribution in [1.29, 1.82) is 5.26 Å². The van der Waals surface area contributed by atoms with Gasteiger partial charge in [-0.05, 0) is 36.8 Å². The Kier molecular flexibility index (Phi) is 5.35. The predicted octanol–water partition coefficient (Wildman–Crippen LogP) is 4.26. The number of aromatic nitrogens is 2. The second-order valence-electron chi connectivity index (χ2n) is 5.99. The molecule has 1 aromatic heterocycles. The minimum Gasteiger partial charge on any atom is -0.261 e. The summed E-state index contributed by atoms with van der Waals surface area (Å²) in [5, 5.41) is 12.8. The van der Waals surface area contributed by atoms with Crippen LogP contribution in [0.5, 0.6) is 0 Å². The molecule has 0 saturated carbocycles. The molecule has 0 fully saturated rings. The number of nitrogens with zero attached hydrogens (tertiary/aromatic N) is 3. The lowest BCUT2D eigenvalue weighted by Crippen LogP contribution is -2.15. The molecule has 0 aliphatic heterocycles. The molecule has 150 valence electrons. The molecule has 0 aliphatic rings. The summed E-state index contributed by atoms with van der Waals surface area (Å²) in [6, 6.07) is 14.5. The van der Waals surface area contributed by atoms with Crippen LogP contribution in [-0.4, -0.2) is 18.2 Å². The number of nitriles is 1. The van der Waals surface area contributed by atoms with E-state index in [0.29, 0.717) is 4.68 Å². The van der Waals surface area contributed by atoms with Crippen LogP contribution in [0, 0.1) is 11.3 Å². The highest BCUT2D eigenvalue weighted by molar-refractivity contribution is 7.92. The lowest BCUT2D eigenvalue weighted by molar-refractivity contribution is -0.143. The van der Waals surface area contributed by atoms with E-state index < -0.39 is 33.3 Å². The number of hydrogen-bond donors (Lipinski definition) is 1. The SMILES string of the molecule is CCn1nc(NS(=O)(=O)c2ccccc2)c(-c2ccc(C#N)cc2)c1C(F)(F)F. The van der Waals surface area contributed by atoms with Crippen molar-refractivity contribution >= 4 is 15.8 Å². The van der Waals surface area contributed by atoms with Crippen molar-refractivity contribution in [1.82, 2.24) is 9.78 Å². The predicted molar refractivity (Wildman–Crippen MR) is 100 cm³/mol. The van der Waals surface area contributed by atoms with E-state index in [1.165, 1.54) is 55.5 Å². The third-order valence-electron chi connectivity index (χ3n) is 4.11. The van der Waals surface area contributed by atoms with E-state index in [4.69, 9.17) is 5.26 Å². The molecule has 3 aromatic rings. The van der Waals surface area contributed by atoms with Gasteiger partial charge < -0.3 is 0 Å². The van der Waals surface area contributed by atoms with Crippen LogP contribution < -0.4 is 4.72 Å². The van der Waals surface area contributed by atoms with E-state index in [9.17, 15) is 21.6 Å². The smallest absolute Gasteiger partial charge is 0.261 e. The van der Waals surface area contributed by atoms with Crippen molar-refractivity contribution in [3.05, 3.63) is 65.9 Å². The molecular formula is C19H15F3N4O2S. The summed E-state index contributed by atoms with van der Waals surface area (Å²) in [5.74, 6) is -0.437. The standard InChI is InChI=1S/C19H15F3N4O2S/c1-2-26-17(19(20,21)22)16(14-10-8-13(12-23)9-11-14)18(24-26)25-29(27,28)15-6-4-3-5-7-15/h3-11H,2H2,1H3,(H,24,25). The van der Waals surface area contributed by atoms with Crippen molar-refractivity contribution in [3.8, 4) is 17.2 Å². The first kappa shape index (κ1) is 20.4. The molecule has 1 heterocycles. The summed E-state index contributed by atoms with van der Waals surface area (Å²) in [6.45, 7) is 1.35. The molecule has 10 heteroatoms. The topological polar surface area (TPSA) is 87.8 Å². The highest BCUT2D eigenvalue weighted by Crippen LogP contribution is 2.42. The zero-order valence-electron chi connectivity index (χ0n) is 15.1. The first-order chi connectivity index (χ1) is 13.7. The van der Waals surface area contributed by atoms with Gasteiger partial charge in [0, 0.05) is 6.54 Å². The number of anilines is 1. The van der Waals surface area contributed by atoms with E-state index in [1.54, 1.807) is 6.07 Å². The van der Waals surface area contributed by atoms with Crippen molar-refractivity contribution in [2.45, 2.75) is 24.5 Å². The minimum absolute atomic E-state index is 0.0850. The number of aryl methyl sites for hydroxylation is 1. The molecule has 0 amide bonds. The van der Waals surface area contributed by atoms with E-state index in [0.717, 1.165) is 0 Å². The van der Waals surface area contributed by atoms with Gasteiger partial charge >= 0.3 is 6.18 Å². The van der Waals surface area contributed by atoms with Crippen LogP contribution in [0.25, 0.3) is 11.1 Å². The van der Waals surface area contributed by atoms with Gasteiger partial charge in [0.25, 0.3) is 10.0 Å². The normalized spacial score (nSPS) is 11.8. The van der Waals surface area contributed by atoms with Gasteiger partial charge in [0.2, 0.25) is 0 Å². The first-order valence-electron chi connectivity index (χ1n) is 8.43. The molecule has 2 aromatic carbocycles. The second kappa shape index (κ2) is 7.60. The summed E-state index contributed by atoms with van der Waals surface area (Å²) in [5.41, 5.74) is -1.13. The summed E-state index contributed by atoms with van der Waals surface area (Å²) in [7, 11) is -4.16. The number of halogens is 3. The van der Waals surface area contributed by atoms with Crippen molar-refractivity contribution in [2.75, 3.05) is 4.72 Å². The Hall–Kier alpha value is -3.32. The molecule has 0 unspecified atom stereocenters. The summed E-state index contributed by atoms with van der Waals surface area (Å²) in [4.78, 5) is -0.106. The van der Waals surface area contributed by atoms with Crippen molar-refractivity contribution in [3.63, 3.8) is 0 Å². The average Bonchev–Trinajstić information content (AvgIpc) is 3.06. The van der Waals surface area contributed by atoms with E-state index in [1.807, 2.05) is 6.07 Å². The summed E-state index contributed by atoms with van der Waals surface area (Å²) in [6.07, 6.45) is -4.78. The number of rotatable bonds is 5. The van der Waals surface area contributed by atoms with Crippen LogP contribution in [0.4, 0.5) is 19.0 Å². The van der Waals surface area contributed by atoms with Gasteiger partial charge in [-0.2, -0.15) is 23.5 Å². The lowest BCUT2D eigenvalue weighted by atomic mass is 10.0. The van der Waals surface area contributed by atoms with Crippen LogP contribution in [0.15, 0.2) is 59.5 Å². The van der Waals surface area contributed by atoms with Crippen LogP contribution in [0.3, 0.4) is 0 Å². The maximum absolute atomic E-state index is 13.8. The quantitative estimate of drug-likeness (QED) is 0.668. The highest BCUT2D eigenvalue weighted by atomic mass is 32.2. The Labute approximate surface area is 165 Å². The largest absolute Gasteiger partial charge is 0.433 e. The van der Waals surface area contributed by atoms with Crippen LogP contribution in [-0.2, 0) is 22.7 Å². The Morgan fingerprint density at radius 2 is 1.72 bits per heavy atom. The average molecular weight is 420 g/mol. The Morgan fingerprint density at radius 1 is 1.10 bits per heavy atom. The monoisotopic (exact) mass is 420 g/mol.